The number of azo groups is 1. The molecular formula is C18H28N2O2SSi. The largest absolute Gasteiger partial charge is 0.223 e. The summed E-state index contributed by atoms with van der Waals surface area (Å²) in [5.41, 5.74) is -0.113. The van der Waals surface area contributed by atoms with Gasteiger partial charge in [0.25, 0.3) is 0 Å². The Morgan fingerprint density at radius 1 is 0.917 bits per heavy atom. The van der Waals surface area contributed by atoms with E-state index in [0.717, 1.165) is 5.56 Å². The predicted molar refractivity (Wildman–Crippen MR) is 99.9 cm³/mol. The van der Waals surface area contributed by atoms with Crippen molar-refractivity contribution in [3.05, 3.63) is 29.8 Å². The third-order valence-corrected chi connectivity index (χ3v) is 12.8. The molecule has 1 aliphatic carbocycles. The zero-order valence-electron chi connectivity index (χ0n) is 15.9. The molecular weight excluding hydrogens is 336 g/mol. The van der Waals surface area contributed by atoms with Crippen LogP contribution in [0.1, 0.15) is 33.3 Å². The molecule has 4 nitrogen and oxygen atoms in total. The number of benzene rings is 1. The Hall–Kier alpha value is -1.01. The molecule has 1 aromatic carbocycles. The summed E-state index contributed by atoms with van der Waals surface area (Å²) in [4.78, 5) is 0.390. The molecule has 2 aliphatic rings. The zero-order chi connectivity index (χ0) is 18.4. The number of fused-ring (bicyclic) bond motifs is 1. The van der Waals surface area contributed by atoms with E-state index in [4.69, 9.17) is 5.11 Å². The molecule has 0 N–H and O–H groups in total. The number of hydrogen-bond acceptors (Lipinski definition) is 4. The molecule has 0 amide bonds. The van der Waals surface area contributed by atoms with Gasteiger partial charge in [0.15, 0.2) is 9.84 Å². The van der Waals surface area contributed by atoms with Gasteiger partial charge in [-0.2, -0.15) is 10.2 Å². The van der Waals surface area contributed by atoms with Crippen molar-refractivity contribution in [3.8, 4) is 0 Å². The molecule has 1 saturated carbocycles. The summed E-state index contributed by atoms with van der Waals surface area (Å²) >= 11 is 0. The Bertz CT molecular complexity index is 835. The van der Waals surface area contributed by atoms with Crippen LogP contribution in [0.3, 0.4) is 0 Å². The molecule has 2 atom stereocenters. The molecule has 6 heteroatoms. The van der Waals surface area contributed by atoms with E-state index in [-0.39, 0.29) is 0 Å². The Kier molecular flexibility index (Phi) is 3.25. The monoisotopic (exact) mass is 364 g/mol. The van der Waals surface area contributed by atoms with Gasteiger partial charge in [0.2, 0.25) is 0 Å². The van der Waals surface area contributed by atoms with Gasteiger partial charge in [0.1, 0.15) is 9.91 Å². The summed E-state index contributed by atoms with van der Waals surface area (Å²) in [7, 11) is -5.55. The van der Waals surface area contributed by atoms with E-state index in [1.807, 2.05) is 32.9 Å². The molecule has 1 aromatic rings. The van der Waals surface area contributed by atoms with Gasteiger partial charge in [-0.25, -0.2) is 8.42 Å². The molecule has 1 heterocycles. The Balaban J connectivity index is 2.34. The number of rotatable bonds is 3. The minimum absolute atomic E-state index is 0.390. The van der Waals surface area contributed by atoms with Crippen molar-refractivity contribution in [2.45, 2.75) is 74.6 Å². The van der Waals surface area contributed by atoms with Crippen LogP contribution >= 0.6 is 0 Å². The van der Waals surface area contributed by atoms with Gasteiger partial charge in [-0.3, -0.25) is 0 Å². The topological polar surface area (TPSA) is 58.9 Å². The maximum absolute atomic E-state index is 13.9. The first kappa shape index (κ1) is 17.8. The normalized spacial score (nSPS) is 33.3. The molecule has 0 radical (unpaired) electrons. The first-order valence-corrected chi connectivity index (χ1v) is 13.4. The Morgan fingerprint density at radius 2 is 1.42 bits per heavy atom. The molecule has 0 spiro atoms. The van der Waals surface area contributed by atoms with E-state index in [0.29, 0.717) is 4.90 Å². The van der Waals surface area contributed by atoms with E-state index < -0.39 is 38.8 Å². The maximum Gasteiger partial charge on any atom is 0.189 e. The van der Waals surface area contributed by atoms with E-state index in [9.17, 15) is 8.42 Å². The number of aryl methyl sites for hydroxylation is 1. The summed E-state index contributed by atoms with van der Waals surface area (Å²) in [6.07, 6.45) is 0. The van der Waals surface area contributed by atoms with E-state index in [2.05, 4.69) is 38.6 Å². The van der Waals surface area contributed by atoms with Crippen LogP contribution in [-0.4, -0.2) is 31.9 Å². The van der Waals surface area contributed by atoms with Gasteiger partial charge in [-0.05, 0) is 32.9 Å². The third-order valence-electron chi connectivity index (χ3n) is 6.36. The first-order valence-electron chi connectivity index (χ1n) is 8.46. The fourth-order valence-electron chi connectivity index (χ4n) is 5.85. The van der Waals surface area contributed by atoms with Crippen LogP contribution in [0.15, 0.2) is 39.4 Å². The first-order chi connectivity index (χ1) is 10.7. The van der Waals surface area contributed by atoms with Crippen molar-refractivity contribution in [1.29, 1.82) is 0 Å². The van der Waals surface area contributed by atoms with Crippen molar-refractivity contribution in [2.24, 2.45) is 15.6 Å². The minimum Gasteiger partial charge on any atom is -0.223 e. The quantitative estimate of drug-likeness (QED) is 0.746. The lowest BCUT2D eigenvalue weighted by Crippen LogP contribution is -2.53. The Morgan fingerprint density at radius 3 is 1.83 bits per heavy atom. The molecule has 132 valence electrons. The number of sulfone groups is 1. The summed E-state index contributed by atoms with van der Waals surface area (Å²) in [6, 6.07) is 7.20. The second kappa shape index (κ2) is 4.39. The minimum atomic E-state index is -3.59. The fraction of sp³-hybridized carbons (Fsp3) is 0.667. The van der Waals surface area contributed by atoms with Crippen LogP contribution in [0.2, 0.25) is 19.6 Å². The summed E-state index contributed by atoms with van der Waals surface area (Å²) in [5.74, 6) is 0. The summed E-state index contributed by atoms with van der Waals surface area (Å²) in [6.45, 7) is 16.6. The van der Waals surface area contributed by atoms with Crippen LogP contribution in [0.4, 0.5) is 0 Å². The van der Waals surface area contributed by atoms with E-state index in [1.54, 1.807) is 12.1 Å². The molecule has 0 unspecified atom stereocenters. The summed E-state index contributed by atoms with van der Waals surface area (Å²) in [5, 5.41) is 8.62. The van der Waals surface area contributed by atoms with Crippen LogP contribution in [0, 0.1) is 12.3 Å². The predicted octanol–water partition coefficient (Wildman–Crippen LogP) is 4.41. The standard InChI is InChI=1S/C18H28N2O2SSi/c1-13-9-11-14(12-10-13)23(21,22)17-15(2,3)18(17,24(6,7)8)20-19-16(17,4)5/h9-12H,1-8H3/t17-,18+/m1/s1. The smallest absolute Gasteiger partial charge is 0.189 e. The molecule has 0 saturated heterocycles. The van der Waals surface area contributed by atoms with Gasteiger partial charge in [0, 0.05) is 5.41 Å². The highest BCUT2D eigenvalue weighted by Crippen LogP contribution is 2.82. The lowest BCUT2D eigenvalue weighted by Gasteiger charge is -2.32. The highest BCUT2D eigenvalue weighted by molar-refractivity contribution is 7.93. The van der Waals surface area contributed by atoms with Gasteiger partial charge in [0.05, 0.1) is 18.5 Å². The van der Waals surface area contributed by atoms with Crippen LogP contribution in [-0.2, 0) is 9.84 Å². The van der Waals surface area contributed by atoms with Crippen molar-refractivity contribution in [2.75, 3.05) is 0 Å². The number of hydrogen-bond donors (Lipinski definition) is 0. The van der Waals surface area contributed by atoms with Crippen molar-refractivity contribution in [1.82, 2.24) is 0 Å². The lowest BCUT2D eigenvalue weighted by atomic mass is 9.93. The number of nitrogens with zero attached hydrogens (tertiary/aromatic N) is 2. The van der Waals surface area contributed by atoms with Crippen molar-refractivity contribution >= 4 is 17.9 Å². The molecule has 3 rings (SSSR count). The highest BCUT2D eigenvalue weighted by atomic mass is 32.2. The van der Waals surface area contributed by atoms with Crippen LogP contribution in [0.25, 0.3) is 0 Å². The molecule has 24 heavy (non-hydrogen) atoms. The van der Waals surface area contributed by atoms with Crippen LogP contribution < -0.4 is 0 Å². The van der Waals surface area contributed by atoms with Crippen molar-refractivity contribution < 1.29 is 8.42 Å². The second-order valence-corrected chi connectivity index (χ2v) is 16.7. The average molecular weight is 365 g/mol. The molecule has 1 aliphatic heterocycles. The van der Waals surface area contributed by atoms with E-state index in [1.165, 1.54) is 0 Å². The second-order valence-electron chi connectivity index (χ2n) is 9.34. The van der Waals surface area contributed by atoms with Gasteiger partial charge in [-0.15, -0.1) is 0 Å². The lowest BCUT2D eigenvalue weighted by molar-refractivity contribution is 0.382. The van der Waals surface area contributed by atoms with E-state index >= 15 is 0 Å². The van der Waals surface area contributed by atoms with Gasteiger partial charge < -0.3 is 0 Å². The van der Waals surface area contributed by atoms with Crippen molar-refractivity contribution in [3.63, 3.8) is 0 Å². The van der Waals surface area contributed by atoms with Gasteiger partial charge >= 0.3 is 0 Å². The fourth-order valence-corrected chi connectivity index (χ4v) is 14.3. The highest BCUT2D eigenvalue weighted by Gasteiger charge is 2.98. The molecule has 1 fully saturated rings. The summed E-state index contributed by atoms with van der Waals surface area (Å²) < 4.78 is 26.8. The SMILES string of the molecule is Cc1ccc(S(=O)(=O)[C@]23C(C)(C)N=N[C@]2([Si](C)(C)C)C3(C)C)cc1. The Labute approximate surface area is 146 Å². The van der Waals surface area contributed by atoms with Crippen LogP contribution in [0.5, 0.6) is 0 Å². The maximum atomic E-state index is 13.9. The third kappa shape index (κ3) is 1.53. The zero-order valence-corrected chi connectivity index (χ0v) is 17.7. The molecule has 0 aromatic heterocycles. The molecule has 0 bridgehead atoms. The average Bonchev–Trinajstić information content (AvgIpc) is 2.73. The van der Waals surface area contributed by atoms with Gasteiger partial charge in [-0.1, -0.05) is 51.2 Å².